The molecule has 2 aliphatic rings. The Morgan fingerprint density at radius 1 is 1.16 bits per heavy atom. The van der Waals surface area contributed by atoms with Crippen LogP contribution in [0.5, 0.6) is 0 Å². The Labute approximate surface area is 151 Å². The van der Waals surface area contributed by atoms with Crippen molar-refractivity contribution >= 4 is 5.91 Å². The Hall–Kier alpha value is -1.39. The van der Waals surface area contributed by atoms with Gasteiger partial charge in [-0.3, -0.25) is 9.69 Å². The monoisotopic (exact) mass is 344 g/mol. The molecule has 2 aliphatic heterocycles. The van der Waals surface area contributed by atoms with Crippen LogP contribution in [0.25, 0.3) is 0 Å². The number of nitrogens with zero attached hydrogens (tertiary/aromatic N) is 1. The average Bonchev–Trinajstić information content (AvgIpc) is 2.65. The first-order valence-electron chi connectivity index (χ1n) is 9.75. The molecule has 0 atom stereocenters. The molecule has 138 valence electrons. The molecule has 0 spiro atoms. The lowest BCUT2D eigenvalue weighted by Crippen LogP contribution is -2.59. The van der Waals surface area contributed by atoms with E-state index in [1.807, 2.05) is 0 Å². The highest BCUT2D eigenvalue weighted by atomic mass is 16.5. The minimum atomic E-state index is 0.0932. The van der Waals surface area contributed by atoms with E-state index in [-0.39, 0.29) is 11.4 Å². The molecule has 0 bridgehead atoms. The van der Waals surface area contributed by atoms with Crippen LogP contribution >= 0.6 is 0 Å². The van der Waals surface area contributed by atoms with Crippen LogP contribution in [0.3, 0.4) is 0 Å². The van der Waals surface area contributed by atoms with Gasteiger partial charge in [0, 0.05) is 25.3 Å². The number of hydrogen-bond acceptors (Lipinski definition) is 3. The zero-order valence-corrected chi connectivity index (χ0v) is 15.8. The summed E-state index contributed by atoms with van der Waals surface area (Å²) in [6, 6.07) is 6.33. The van der Waals surface area contributed by atoms with Gasteiger partial charge in [0.1, 0.15) is 0 Å². The van der Waals surface area contributed by atoms with Crippen molar-refractivity contribution in [2.75, 3.05) is 32.8 Å². The van der Waals surface area contributed by atoms with Crippen molar-refractivity contribution in [3.63, 3.8) is 0 Å². The normalized spacial score (nSPS) is 21.0. The van der Waals surface area contributed by atoms with Crippen molar-refractivity contribution in [3.05, 3.63) is 34.9 Å². The molecule has 1 N–H and O–H groups in total. The van der Waals surface area contributed by atoms with Crippen molar-refractivity contribution in [1.82, 2.24) is 10.2 Å². The topological polar surface area (TPSA) is 41.6 Å². The van der Waals surface area contributed by atoms with E-state index in [0.29, 0.717) is 6.42 Å². The van der Waals surface area contributed by atoms with Crippen molar-refractivity contribution < 1.29 is 9.53 Å². The molecule has 4 heteroatoms. The first-order chi connectivity index (χ1) is 12.1. The number of aryl methyl sites for hydroxylation is 2. The van der Waals surface area contributed by atoms with Crippen LogP contribution in [-0.4, -0.2) is 49.2 Å². The van der Waals surface area contributed by atoms with Gasteiger partial charge in [-0.1, -0.05) is 30.2 Å². The van der Waals surface area contributed by atoms with Gasteiger partial charge in [0.05, 0.1) is 6.42 Å². The van der Waals surface area contributed by atoms with E-state index in [0.717, 1.165) is 51.3 Å². The molecule has 0 radical (unpaired) electrons. The van der Waals surface area contributed by atoms with Crippen molar-refractivity contribution in [2.24, 2.45) is 0 Å². The Kier molecular flexibility index (Phi) is 6.13. The number of amides is 1. The van der Waals surface area contributed by atoms with Gasteiger partial charge in [0.2, 0.25) is 5.91 Å². The molecule has 25 heavy (non-hydrogen) atoms. The molecule has 0 unspecified atom stereocenters. The lowest BCUT2D eigenvalue weighted by atomic mass is 9.86. The average molecular weight is 344 g/mol. The van der Waals surface area contributed by atoms with E-state index in [1.165, 1.54) is 30.4 Å². The highest BCUT2D eigenvalue weighted by Crippen LogP contribution is 2.30. The maximum atomic E-state index is 12.6. The van der Waals surface area contributed by atoms with E-state index >= 15 is 0 Å². The second-order valence-corrected chi connectivity index (χ2v) is 7.77. The fraction of sp³-hybridized carbons (Fsp3) is 0.667. The Morgan fingerprint density at radius 2 is 1.88 bits per heavy atom. The maximum Gasteiger partial charge on any atom is 0.224 e. The number of carbonyl (C=O) groups excluding carboxylic acids is 1. The van der Waals surface area contributed by atoms with E-state index < -0.39 is 0 Å². The molecule has 4 nitrogen and oxygen atoms in total. The molecule has 0 aliphatic carbocycles. The van der Waals surface area contributed by atoms with E-state index in [4.69, 9.17) is 4.74 Å². The summed E-state index contributed by atoms with van der Waals surface area (Å²) in [5.41, 5.74) is 3.63. The number of ether oxygens (including phenoxy) is 1. The summed E-state index contributed by atoms with van der Waals surface area (Å²) in [6.07, 6.45) is 6.41. The Balaban J connectivity index is 1.62. The second kappa shape index (κ2) is 8.33. The van der Waals surface area contributed by atoms with Gasteiger partial charge >= 0.3 is 0 Å². The molecular formula is C21H32N2O2. The quantitative estimate of drug-likeness (QED) is 0.893. The smallest absolute Gasteiger partial charge is 0.224 e. The van der Waals surface area contributed by atoms with Gasteiger partial charge in [-0.15, -0.1) is 0 Å². The third-order valence-corrected chi connectivity index (χ3v) is 5.92. The van der Waals surface area contributed by atoms with E-state index in [1.54, 1.807) is 0 Å². The number of carbonyl (C=O) groups is 1. The van der Waals surface area contributed by atoms with Crippen LogP contribution in [0.1, 0.15) is 48.8 Å². The summed E-state index contributed by atoms with van der Waals surface area (Å²) in [6.45, 7) is 8.84. The molecule has 0 saturated carbocycles. The first kappa shape index (κ1) is 18.4. The van der Waals surface area contributed by atoms with Gasteiger partial charge in [0.15, 0.2) is 0 Å². The number of nitrogens with one attached hydrogen (secondary N) is 1. The highest BCUT2D eigenvalue weighted by molar-refractivity contribution is 5.79. The summed E-state index contributed by atoms with van der Waals surface area (Å²) < 4.78 is 5.61. The standard InChI is InChI=1S/C21H32N2O2/c1-17-6-7-18(2)19(14-17)15-20(24)22-16-21(8-12-25-13-9-21)23-10-4-3-5-11-23/h6-7,14H,3-5,8-13,15-16H2,1-2H3,(H,22,24). The third kappa shape index (κ3) is 4.62. The van der Waals surface area contributed by atoms with E-state index in [9.17, 15) is 4.79 Å². The Bertz CT molecular complexity index is 588. The van der Waals surface area contributed by atoms with Crippen LogP contribution in [0.2, 0.25) is 0 Å². The minimum absolute atomic E-state index is 0.0932. The zero-order chi connectivity index (χ0) is 17.7. The highest BCUT2D eigenvalue weighted by Gasteiger charge is 2.39. The largest absolute Gasteiger partial charge is 0.381 e. The lowest BCUT2D eigenvalue weighted by molar-refractivity contribution is -0.122. The van der Waals surface area contributed by atoms with Crippen molar-refractivity contribution in [3.8, 4) is 0 Å². The molecule has 2 saturated heterocycles. The van der Waals surface area contributed by atoms with Crippen LogP contribution in [0, 0.1) is 13.8 Å². The van der Waals surface area contributed by atoms with Gasteiger partial charge in [-0.2, -0.15) is 0 Å². The van der Waals surface area contributed by atoms with Crippen LogP contribution in [-0.2, 0) is 16.0 Å². The van der Waals surface area contributed by atoms with Crippen molar-refractivity contribution in [2.45, 2.75) is 57.9 Å². The number of rotatable bonds is 5. The molecule has 0 aromatic heterocycles. The van der Waals surface area contributed by atoms with Crippen LogP contribution < -0.4 is 5.32 Å². The molecular weight excluding hydrogens is 312 g/mol. The molecule has 1 aromatic carbocycles. The summed E-state index contributed by atoms with van der Waals surface area (Å²) in [7, 11) is 0. The lowest BCUT2D eigenvalue weighted by Gasteiger charge is -2.48. The predicted octanol–water partition coefficient (Wildman–Crippen LogP) is 3.00. The van der Waals surface area contributed by atoms with Gasteiger partial charge in [-0.05, 0) is 63.7 Å². The molecule has 1 aromatic rings. The third-order valence-electron chi connectivity index (χ3n) is 5.92. The van der Waals surface area contributed by atoms with Crippen LogP contribution in [0.4, 0.5) is 0 Å². The van der Waals surface area contributed by atoms with Crippen LogP contribution in [0.15, 0.2) is 18.2 Å². The number of benzene rings is 1. The van der Waals surface area contributed by atoms with E-state index in [2.05, 4.69) is 42.3 Å². The zero-order valence-electron chi connectivity index (χ0n) is 15.8. The molecule has 3 rings (SSSR count). The molecule has 2 fully saturated rings. The van der Waals surface area contributed by atoms with Gasteiger partial charge < -0.3 is 10.1 Å². The summed E-state index contributed by atoms with van der Waals surface area (Å²) >= 11 is 0. The maximum absolute atomic E-state index is 12.6. The fourth-order valence-corrected chi connectivity index (χ4v) is 4.21. The number of hydrogen-bond donors (Lipinski definition) is 1. The summed E-state index contributed by atoms with van der Waals surface area (Å²) in [5.74, 6) is 0.136. The van der Waals surface area contributed by atoms with Crippen molar-refractivity contribution in [1.29, 1.82) is 0 Å². The summed E-state index contributed by atoms with van der Waals surface area (Å²) in [4.78, 5) is 15.2. The second-order valence-electron chi connectivity index (χ2n) is 7.77. The minimum Gasteiger partial charge on any atom is -0.381 e. The number of piperidine rings is 1. The number of likely N-dealkylation sites (tertiary alicyclic amines) is 1. The predicted molar refractivity (Wildman–Crippen MR) is 101 cm³/mol. The molecule has 1 amide bonds. The molecule has 2 heterocycles. The SMILES string of the molecule is Cc1ccc(C)c(CC(=O)NCC2(N3CCCCC3)CCOCC2)c1. The fourth-order valence-electron chi connectivity index (χ4n) is 4.21. The van der Waals surface area contributed by atoms with Gasteiger partial charge in [-0.25, -0.2) is 0 Å². The summed E-state index contributed by atoms with van der Waals surface area (Å²) in [5, 5.41) is 3.25. The van der Waals surface area contributed by atoms with Gasteiger partial charge in [0.25, 0.3) is 0 Å². The first-order valence-corrected chi connectivity index (χ1v) is 9.75. The Morgan fingerprint density at radius 3 is 2.60 bits per heavy atom.